The number of nitro groups is 1. The molecule has 0 aliphatic heterocycles. The van der Waals surface area contributed by atoms with Crippen LogP contribution in [-0.4, -0.2) is 11.0 Å². The maximum Gasteiger partial charge on any atom is 0.323 e. The van der Waals surface area contributed by atoms with Crippen molar-refractivity contribution in [2.45, 2.75) is 13.8 Å². The molecule has 1 aromatic rings. The fraction of sp³-hybridized carbons (Fsp3) is 0.182. The number of carbonyl (C=O) groups excluding carboxylic acids is 1. The molecule has 0 saturated heterocycles. The quantitative estimate of drug-likeness (QED) is 0.652. The number of halogens is 1. The van der Waals surface area contributed by atoms with Gasteiger partial charge in [-0.1, -0.05) is 17.2 Å². The molecule has 0 fully saturated rings. The molecule has 96 valence electrons. The normalized spacial score (nSPS) is 9.50. The minimum absolute atomic E-state index is 0.0234. The summed E-state index contributed by atoms with van der Waals surface area (Å²) in [5, 5.41) is 15.6. The van der Waals surface area contributed by atoms with E-state index >= 15 is 0 Å². The summed E-state index contributed by atoms with van der Waals surface area (Å²) < 4.78 is 0. The topological polar surface area (TPSA) is 84.3 Å². The van der Waals surface area contributed by atoms with Crippen molar-refractivity contribution >= 4 is 29.0 Å². The third-order valence-corrected chi connectivity index (χ3v) is 2.21. The van der Waals surface area contributed by atoms with Crippen LogP contribution in [0.15, 0.2) is 30.0 Å². The maximum atomic E-state index is 11.4. The monoisotopic (exact) mass is 269 g/mol. The highest BCUT2D eigenvalue weighted by molar-refractivity contribution is 6.32. The van der Waals surface area contributed by atoms with E-state index in [2.05, 4.69) is 10.6 Å². The average Bonchev–Trinajstić information content (AvgIpc) is 2.28. The second kappa shape index (κ2) is 6.02. The maximum absolute atomic E-state index is 11.4. The van der Waals surface area contributed by atoms with Gasteiger partial charge >= 0.3 is 6.03 Å². The van der Waals surface area contributed by atoms with Crippen LogP contribution >= 0.6 is 11.6 Å². The zero-order valence-corrected chi connectivity index (χ0v) is 10.6. The van der Waals surface area contributed by atoms with Crippen LogP contribution in [0.5, 0.6) is 0 Å². The summed E-state index contributed by atoms with van der Waals surface area (Å²) in [6.07, 6.45) is 1.53. The molecule has 0 spiro atoms. The number of hydrogen-bond donors (Lipinski definition) is 2. The Morgan fingerprint density at radius 1 is 1.44 bits per heavy atom. The van der Waals surface area contributed by atoms with Crippen LogP contribution in [0, 0.1) is 10.1 Å². The molecule has 1 aromatic carbocycles. The van der Waals surface area contributed by atoms with Gasteiger partial charge in [0.05, 0.1) is 4.92 Å². The van der Waals surface area contributed by atoms with Crippen LogP contribution < -0.4 is 10.6 Å². The molecule has 0 aliphatic carbocycles. The Morgan fingerprint density at radius 3 is 2.67 bits per heavy atom. The van der Waals surface area contributed by atoms with Crippen molar-refractivity contribution in [3.05, 3.63) is 45.1 Å². The Hall–Kier alpha value is -2.08. The summed E-state index contributed by atoms with van der Waals surface area (Å²) in [5.41, 5.74) is 0.967. The van der Waals surface area contributed by atoms with Crippen molar-refractivity contribution in [3.63, 3.8) is 0 Å². The summed E-state index contributed by atoms with van der Waals surface area (Å²) in [6.45, 7) is 3.65. The van der Waals surface area contributed by atoms with Gasteiger partial charge in [-0.15, -0.1) is 0 Å². The van der Waals surface area contributed by atoms with E-state index in [1.54, 1.807) is 0 Å². The summed E-state index contributed by atoms with van der Waals surface area (Å²) in [6, 6.07) is 3.56. The van der Waals surface area contributed by atoms with Gasteiger partial charge in [-0.3, -0.25) is 10.1 Å². The van der Waals surface area contributed by atoms with Crippen molar-refractivity contribution in [2.24, 2.45) is 0 Å². The molecule has 0 heterocycles. The number of nitrogens with one attached hydrogen (secondary N) is 2. The van der Waals surface area contributed by atoms with E-state index in [0.717, 1.165) is 5.57 Å². The number of urea groups is 1. The van der Waals surface area contributed by atoms with E-state index in [4.69, 9.17) is 11.6 Å². The standard InChI is InChI=1S/C11H12ClN3O3/c1-7(2)6-13-11(16)14-8-3-4-9(12)10(5-8)15(17)18/h3-6H,1-2H3,(H2,13,14,16). The summed E-state index contributed by atoms with van der Waals surface area (Å²) >= 11 is 5.65. The smallest absolute Gasteiger partial charge is 0.314 e. The van der Waals surface area contributed by atoms with Gasteiger partial charge in [-0.25, -0.2) is 4.79 Å². The fourth-order valence-electron chi connectivity index (χ4n) is 1.11. The lowest BCUT2D eigenvalue weighted by molar-refractivity contribution is -0.384. The molecule has 18 heavy (non-hydrogen) atoms. The highest BCUT2D eigenvalue weighted by Crippen LogP contribution is 2.27. The third kappa shape index (κ3) is 4.06. The summed E-state index contributed by atoms with van der Waals surface area (Å²) in [4.78, 5) is 21.5. The minimum atomic E-state index is -0.610. The molecule has 7 heteroatoms. The van der Waals surface area contributed by atoms with Gasteiger partial charge < -0.3 is 10.6 Å². The van der Waals surface area contributed by atoms with E-state index in [1.165, 1.54) is 24.4 Å². The van der Waals surface area contributed by atoms with Crippen molar-refractivity contribution in [3.8, 4) is 0 Å². The lowest BCUT2D eigenvalue weighted by atomic mass is 10.3. The van der Waals surface area contributed by atoms with Gasteiger partial charge in [0.1, 0.15) is 5.02 Å². The molecule has 2 N–H and O–H groups in total. The van der Waals surface area contributed by atoms with Crippen molar-refractivity contribution in [1.82, 2.24) is 5.32 Å². The molecular formula is C11H12ClN3O3. The van der Waals surface area contributed by atoms with Crippen molar-refractivity contribution in [2.75, 3.05) is 5.32 Å². The summed E-state index contributed by atoms with van der Waals surface area (Å²) in [7, 11) is 0. The molecule has 0 unspecified atom stereocenters. The number of benzene rings is 1. The Labute approximate surface area is 109 Å². The number of carbonyl (C=O) groups is 1. The molecular weight excluding hydrogens is 258 g/mol. The van der Waals surface area contributed by atoms with Gasteiger partial charge in [-0.05, 0) is 26.0 Å². The van der Waals surface area contributed by atoms with Crippen LogP contribution in [-0.2, 0) is 0 Å². The molecule has 2 amide bonds. The van der Waals surface area contributed by atoms with Gasteiger partial charge in [0.15, 0.2) is 0 Å². The van der Waals surface area contributed by atoms with Gasteiger partial charge in [-0.2, -0.15) is 0 Å². The molecule has 1 rings (SSSR count). The first-order valence-corrected chi connectivity index (χ1v) is 5.43. The van der Waals surface area contributed by atoms with Gasteiger partial charge in [0.2, 0.25) is 0 Å². The van der Waals surface area contributed by atoms with E-state index in [-0.39, 0.29) is 10.7 Å². The van der Waals surface area contributed by atoms with Gasteiger partial charge in [0.25, 0.3) is 5.69 Å². The first-order chi connectivity index (χ1) is 8.40. The van der Waals surface area contributed by atoms with Crippen LogP contribution in [0.3, 0.4) is 0 Å². The van der Waals surface area contributed by atoms with Crippen molar-refractivity contribution < 1.29 is 9.72 Å². The van der Waals surface area contributed by atoms with Crippen LogP contribution in [0.1, 0.15) is 13.8 Å². The third-order valence-electron chi connectivity index (χ3n) is 1.89. The van der Waals surface area contributed by atoms with Crippen LogP contribution in [0.25, 0.3) is 0 Å². The number of nitro benzene ring substituents is 1. The number of nitrogens with zero attached hydrogens (tertiary/aromatic N) is 1. The lowest BCUT2D eigenvalue weighted by Crippen LogP contribution is -2.24. The average molecular weight is 270 g/mol. The van der Waals surface area contributed by atoms with E-state index in [0.29, 0.717) is 5.69 Å². The molecule has 0 atom stereocenters. The second-order valence-electron chi connectivity index (χ2n) is 3.74. The zero-order chi connectivity index (χ0) is 13.7. The summed E-state index contributed by atoms with van der Waals surface area (Å²) in [5.74, 6) is 0. The first-order valence-electron chi connectivity index (χ1n) is 5.05. The second-order valence-corrected chi connectivity index (χ2v) is 4.15. The Bertz CT molecular complexity index is 510. The Morgan fingerprint density at radius 2 is 2.11 bits per heavy atom. The van der Waals surface area contributed by atoms with Crippen LogP contribution in [0.4, 0.5) is 16.2 Å². The minimum Gasteiger partial charge on any atom is -0.314 e. The predicted octanol–water partition coefficient (Wildman–Crippen LogP) is 3.29. The van der Waals surface area contributed by atoms with E-state index in [1.807, 2.05) is 13.8 Å². The first kappa shape index (κ1) is 14.0. The Kier molecular flexibility index (Phi) is 4.67. The van der Waals surface area contributed by atoms with Crippen LogP contribution in [0.2, 0.25) is 5.02 Å². The van der Waals surface area contributed by atoms with Crippen molar-refractivity contribution in [1.29, 1.82) is 0 Å². The number of allylic oxidation sites excluding steroid dienone is 1. The number of hydrogen-bond acceptors (Lipinski definition) is 3. The SMILES string of the molecule is CC(C)=CNC(=O)Nc1ccc(Cl)c([N+](=O)[O-])c1. The van der Waals surface area contributed by atoms with E-state index < -0.39 is 11.0 Å². The number of rotatable bonds is 3. The molecule has 0 saturated carbocycles. The highest BCUT2D eigenvalue weighted by Gasteiger charge is 2.13. The zero-order valence-electron chi connectivity index (χ0n) is 9.86. The molecule has 6 nitrogen and oxygen atoms in total. The number of anilines is 1. The molecule has 0 aliphatic rings. The highest BCUT2D eigenvalue weighted by atomic mass is 35.5. The molecule has 0 aromatic heterocycles. The van der Waals surface area contributed by atoms with E-state index in [9.17, 15) is 14.9 Å². The predicted molar refractivity (Wildman–Crippen MR) is 69.7 cm³/mol. The number of amides is 2. The van der Waals surface area contributed by atoms with Gasteiger partial charge in [0, 0.05) is 18.0 Å². The molecule has 0 radical (unpaired) electrons. The Balaban J connectivity index is 2.80. The lowest BCUT2D eigenvalue weighted by Gasteiger charge is -2.05. The largest absolute Gasteiger partial charge is 0.323 e. The fourth-order valence-corrected chi connectivity index (χ4v) is 1.29. The molecule has 0 bridgehead atoms.